The molecule has 2 aromatic rings. The number of carbonyl (C=O) groups is 1. The molecule has 0 aliphatic rings. The van der Waals surface area contributed by atoms with Gasteiger partial charge in [-0.05, 0) is 36.6 Å². The fraction of sp³-hybridized carbons (Fsp3) is 0.316. The van der Waals surface area contributed by atoms with E-state index in [0.29, 0.717) is 26.1 Å². The first-order chi connectivity index (χ1) is 10.7. The van der Waals surface area contributed by atoms with Crippen molar-refractivity contribution in [2.45, 2.75) is 26.3 Å². The number of amides is 1. The van der Waals surface area contributed by atoms with Crippen LogP contribution >= 0.6 is 12.4 Å². The number of hydrogen-bond acceptors (Lipinski definition) is 2. The minimum absolute atomic E-state index is 0. The number of benzene rings is 2. The van der Waals surface area contributed by atoms with Crippen LogP contribution in [0.3, 0.4) is 0 Å². The fourth-order valence-corrected chi connectivity index (χ4v) is 2.46. The molecule has 2 N–H and O–H groups in total. The summed E-state index contributed by atoms with van der Waals surface area (Å²) in [6, 6.07) is 18.2. The number of carbonyl (C=O) groups excluding carboxylic acids is 1. The molecule has 0 fully saturated rings. The molecule has 0 atom stereocenters. The summed E-state index contributed by atoms with van der Waals surface area (Å²) in [6.07, 6.45) is 1.27. The first-order valence-corrected chi connectivity index (χ1v) is 7.77. The van der Waals surface area contributed by atoms with Crippen molar-refractivity contribution in [1.82, 2.24) is 4.90 Å². The van der Waals surface area contributed by atoms with E-state index in [1.54, 1.807) is 0 Å². The number of hydrogen-bond donors (Lipinski definition) is 1. The van der Waals surface area contributed by atoms with Gasteiger partial charge in [0.15, 0.2) is 0 Å². The number of nitrogens with two attached hydrogens (primary N) is 1. The van der Waals surface area contributed by atoms with Crippen LogP contribution in [0.5, 0.6) is 0 Å². The van der Waals surface area contributed by atoms with Gasteiger partial charge in [0.05, 0.1) is 6.42 Å². The first-order valence-electron chi connectivity index (χ1n) is 7.77. The van der Waals surface area contributed by atoms with Crippen molar-refractivity contribution >= 4 is 18.3 Å². The Balaban J connectivity index is 0.00000264. The zero-order chi connectivity index (χ0) is 15.8. The van der Waals surface area contributed by atoms with Gasteiger partial charge in [0.25, 0.3) is 0 Å². The summed E-state index contributed by atoms with van der Waals surface area (Å²) in [5.74, 6) is 0.159. The van der Waals surface area contributed by atoms with Crippen LogP contribution in [0.15, 0.2) is 54.6 Å². The molecule has 0 aliphatic heterocycles. The SMILES string of the molecule is Cc1ccccc1CC(=O)N(CCCN)Cc1ccccc1.Cl. The highest BCUT2D eigenvalue weighted by atomic mass is 35.5. The summed E-state index contributed by atoms with van der Waals surface area (Å²) < 4.78 is 0. The van der Waals surface area contributed by atoms with Crippen LogP contribution < -0.4 is 5.73 Å². The summed E-state index contributed by atoms with van der Waals surface area (Å²) in [5.41, 5.74) is 9.02. The summed E-state index contributed by atoms with van der Waals surface area (Å²) in [5, 5.41) is 0. The lowest BCUT2D eigenvalue weighted by molar-refractivity contribution is -0.131. The fourth-order valence-electron chi connectivity index (χ4n) is 2.46. The molecule has 0 aromatic heterocycles. The number of rotatable bonds is 7. The largest absolute Gasteiger partial charge is 0.338 e. The van der Waals surface area contributed by atoms with E-state index in [1.807, 2.05) is 54.3 Å². The van der Waals surface area contributed by atoms with Crippen molar-refractivity contribution in [1.29, 1.82) is 0 Å². The highest BCUT2D eigenvalue weighted by Crippen LogP contribution is 2.12. The molecule has 3 nitrogen and oxygen atoms in total. The van der Waals surface area contributed by atoms with E-state index in [9.17, 15) is 4.79 Å². The van der Waals surface area contributed by atoms with Crippen molar-refractivity contribution in [2.24, 2.45) is 5.73 Å². The predicted octanol–water partition coefficient (Wildman–Crippen LogP) is 3.34. The topological polar surface area (TPSA) is 46.3 Å². The van der Waals surface area contributed by atoms with Gasteiger partial charge in [-0.1, -0.05) is 54.6 Å². The lowest BCUT2D eigenvalue weighted by atomic mass is 10.0. The maximum absolute atomic E-state index is 12.7. The Morgan fingerprint density at radius 3 is 2.35 bits per heavy atom. The van der Waals surface area contributed by atoms with Gasteiger partial charge in [-0.25, -0.2) is 0 Å². The van der Waals surface area contributed by atoms with E-state index < -0.39 is 0 Å². The van der Waals surface area contributed by atoms with Crippen molar-refractivity contribution in [2.75, 3.05) is 13.1 Å². The number of halogens is 1. The predicted molar refractivity (Wildman–Crippen MR) is 97.7 cm³/mol. The molecular formula is C19H25ClN2O. The van der Waals surface area contributed by atoms with E-state index >= 15 is 0 Å². The number of aryl methyl sites for hydroxylation is 1. The Bertz CT molecular complexity index is 601. The summed E-state index contributed by atoms with van der Waals surface area (Å²) in [7, 11) is 0. The normalized spacial score (nSPS) is 10.0. The van der Waals surface area contributed by atoms with Crippen molar-refractivity contribution in [3.05, 3.63) is 71.3 Å². The van der Waals surface area contributed by atoms with Crippen LogP contribution in [0, 0.1) is 6.92 Å². The second-order valence-electron chi connectivity index (χ2n) is 5.55. The molecule has 0 aliphatic carbocycles. The van der Waals surface area contributed by atoms with Crippen LogP contribution in [0.25, 0.3) is 0 Å². The van der Waals surface area contributed by atoms with E-state index in [1.165, 1.54) is 0 Å². The Kier molecular flexibility index (Phi) is 8.38. The van der Waals surface area contributed by atoms with Gasteiger partial charge in [0, 0.05) is 13.1 Å². The average molecular weight is 333 g/mol. The Morgan fingerprint density at radius 1 is 1.04 bits per heavy atom. The van der Waals surface area contributed by atoms with Crippen LogP contribution in [0.4, 0.5) is 0 Å². The summed E-state index contributed by atoms with van der Waals surface area (Å²) in [6.45, 7) is 3.99. The lowest BCUT2D eigenvalue weighted by Gasteiger charge is -2.23. The molecule has 124 valence electrons. The van der Waals surface area contributed by atoms with Gasteiger partial charge in [0.2, 0.25) is 5.91 Å². The van der Waals surface area contributed by atoms with E-state index in [2.05, 4.69) is 12.1 Å². The molecule has 0 bridgehead atoms. The highest BCUT2D eigenvalue weighted by molar-refractivity contribution is 5.85. The molecule has 0 unspecified atom stereocenters. The second kappa shape index (κ2) is 10.0. The van der Waals surface area contributed by atoms with Gasteiger partial charge in [-0.3, -0.25) is 4.79 Å². The molecule has 23 heavy (non-hydrogen) atoms. The maximum atomic E-state index is 12.7. The summed E-state index contributed by atoms with van der Waals surface area (Å²) in [4.78, 5) is 14.6. The van der Waals surface area contributed by atoms with Crippen LogP contribution in [0.2, 0.25) is 0 Å². The minimum Gasteiger partial charge on any atom is -0.338 e. The molecule has 0 saturated heterocycles. The van der Waals surface area contributed by atoms with Crippen LogP contribution in [-0.4, -0.2) is 23.9 Å². The van der Waals surface area contributed by atoms with Gasteiger partial charge >= 0.3 is 0 Å². The zero-order valence-corrected chi connectivity index (χ0v) is 14.4. The smallest absolute Gasteiger partial charge is 0.227 e. The van der Waals surface area contributed by atoms with Gasteiger partial charge in [-0.15, -0.1) is 12.4 Å². The molecule has 0 radical (unpaired) electrons. The monoisotopic (exact) mass is 332 g/mol. The van der Waals surface area contributed by atoms with Gasteiger partial charge in [-0.2, -0.15) is 0 Å². The number of nitrogens with zero attached hydrogens (tertiary/aromatic N) is 1. The third-order valence-electron chi connectivity index (χ3n) is 3.80. The van der Waals surface area contributed by atoms with E-state index in [0.717, 1.165) is 23.1 Å². The molecular weight excluding hydrogens is 308 g/mol. The quantitative estimate of drug-likeness (QED) is 0.845. The minimum atomic E-state index is 0. The average Bonchev–Trinajstić information content (AvgIpc) is 2.54. The Morgan fingerprint density at radius 2 is 1.70 bits per heavy atom. The molecule has 4 heteroatoms. The molecule has 2 aromatic carbocycles. The van der Waals surface area contributed by atoms with Crippen molar-refractivity contribution in [3.8, 4) is 0 Å². The van der Waals surface area contributed by atoms with Gasteiger partial charge < -0.3 is 10.6 Å². The van der Waals surface area contributed by atoms with Gasteiger partial charge in [0.1, 0.15) is 0 Å². The second-order valence-corrected chi connectivity index (χ2v) is 5.55. The molecule has 2 rings (SSSR count). The van der Waals surface area contributed by atoms with Crippen LogP contribution in [-0.2, 0) is 17.8 Å². The van der Waals surface area contributed by atoms with E-state index in [-0.39, 0.29) is 18.3 Å². The third kappa shape index (κ3) is 6.05. The standard InChI is InChI=1S/C19H24N2O.ClH/c1-16-8-5-6-11-18(16)14-19(22)21(13-7-12-20)15-17-9-3-2-4-10-17;/h2-6,8-11H,7,12-15,20H2,1H3;1H. The first kappa shape index (κ1) is 19.2. The maximum Gasteiger partial charge on any atom is 0.227 e. The molecule has 1 amide bonds. The molecule has 0 saturated carbocycles. The highest BCUT2D eigenvalue weighted by Gasteiger charge is 2.15. The van der Waals surface area contributed by atoms with Crippen LogP contribution in [0.1, 0.15) is 23.1 Å². The lowest BCUT2D eigenvalue weighted by Crippen LogP contribution is -2.33. The zero-order valence-electron chi connectivity index (χ0n) is 13.6. The third-order valence-corrected chi connectivity index (χ3v) is 3.80. The molecule has 0 spiro atoms. The molecule has 0 heterocycles. The van der Waals surface area contributed by atoms with Crippen molar-refractivity contribution < 1.29 is 4.79 Å². The van der Waals surface area contributed by atoms with Crippen molar-refractivity contribution in [3.63, 3.8) is 0 Å². The Hall–Kier alpha value is -1.84. The summed E-state index contributed by atoms with van der Waals surface area (Å²) >= 11 is 0. The van der Waals surface area contributed by atoms with E-state index in [4.69, 9.17) is 5.73 Å². The Labute approximate surface area is 144 Å².